The molecule has 0 bridgehead atoms. The van der Waals surface area contributed by atoms with Crippen LogP contribution >= 0.6 is 0 Å². The smallest absolute Gasteiger partial charge is 0.159 e. The van der Waals surface area contributed by atoms with Gasteiger partial charge in [0.25, 0.3) is 0 Å². The average molecular weight is 591 g/mol. The van der Waals surface area contributed by atoms with E-state index in [1.807, 2.05) is 24.8 Å². The first-order valence-electron chi connectivity index (χ1n) is 15.3. The number of fused-ring (bicyclic) bond motifs is 12. The zero-order chi connectivity index (χ0) is 29.9. The summed E-state index contributed by atoms with van der Waals surface area (Å²) in [6.45, 7) is 0. The second kappa shape index (κ2) is 8.61. The number of hydrogen-bond donors (Lipinski definition) is 0. The minimum absolute atomic E-state index is 0.822. The highest BCUT2D eigenvalue weighted by Crippen LogP contribution is 2.42. The molecular formula is C40H22N4O2. The molecule has 6 heteroatoms. The van der Waals surface area contributed by atoms with E-state index in [0.29, 0.717) is 0 Å². The van der Waals surface area contributed by atoms with E-state index in [1.54, 1.807) is 0 Å². The van der Waals surface area contributed by atoms with Crippen LogP contribution in [0.25, 0.3) is 98.9 Å². The van der Waals surface area contributed by atoms with Crippen LogP contribution in [0.3, 0.4) is 0 Å². The minimum atomic E-state index is 0.822. The summed E-state index contributed by atoms with van der Waals surface area (Å²) in [5.41, 5.74) is 9.60. The number of benzene rings is 5. The Balaban J connectivity index is 1.18. The summed E-state index contributed by atoms with van der Waals surface area (Å²) < 4.78 is 18.0. The predicted molar refractivity (Wildman–Crippen MR) is 185 cm³/mol. The van der Waals surface area contributed by atoms with E-state index in [1.165, 1.54) is 10.8 Å². The maximum absolute atomic E-state index is 6.75. The molecule has 0 aliphatic rings. The van der Waals surface area contributed by atoms with Crippen molar-refractivity contribution in [3.8, 4) is 11.4 Å². The quantitative estimate of drug-likeness (QED) is 0.201. The van der Waals surface area contributed by atoms with E-state index in [-0.39, 0.29) is 0 Å². The predicted octanol–water partition coefficient (Wildman–Crippen LogP) is 10.5. The monoisotopic (exact) mass is 590 g/mol. The van der Waals surface area contributed by atoms with E-state index in [2.05, 4.69) is 128 Å². The average Bonchev–Trinajstić information content (AvgIpc) is 3.85. The van der Waals surface area contributed by atoms with Crippen LogP contribution in [-0.4, -0.2) is 19.1 Å². The van der Waals surface area contributed by atoms with E-state index < -0.39 is 0 Å². The lowest BCUT2D eigenvalue weighted by atomic mass is 10.1. The van der Waals surface area contributed by atoms with Gasteiger partial charge in [-0.25, -0.2) is 0 Å². The van der Waals surface area contributed by atoms with Crippen molar-refractivity contribution in [1.82, 2.24) is 19.1 Å². The van der Waals surface area contributed by atoms with Gasteiger partial charge in [0.15, 0.2) is 11.2 Å². The van der Waals surface area contributed by atoms with Crippen molar-refractivity contribution in [2.24, 2.45) is 0 Å². The molecule has 11 aromatic rings. The molecular weight excluding hydrogens is 568 g/mol. The summed E-state index contributed by atoms with van der Waals surface area (Å²) in [5, 5.41) is 8.82. The number of rotatable bonds is 2. The van der Waals surface area contributed by atoms with Gasteiger partial charge in [-0.2, -0.15) is 0 Å². The van der Waals surface area contributed by atoms with Crippen LogP contribution in [0, 0.1) is 0 Å². The molecule has 0 N–H and O–H groups in total. The molecule has 214 valence electrons. The van der Waals surface area contributed by atoms with Gasteiger partial charge in [0, 0.05) is 55.5 Å². The van der Waals surface area contributed by atoms with Crippen LogP contribution in [0.2, 0.25) is 0 Å². The Kier molecular flexibility index (Phi) is 4.49. The number of furan rings is 2. The van der Waals surface area contributed by atoms with Crippen molar-refractivity contribution in [3.05, 3.63) is 134 Å². The van der Waals surface area contributed by atoms with Gasteiger partial charge < -0.3 is 18.0 Å². The van der Waals surface area contributed by atoms with Gasteiger partial charge in [-0.3, -0.25) is 9.97 Å². The molecule has 6 nitrogen and oxygen atoms in total. The molecule has 46 heavy (non-hydrogen) atoms. The van der Waals surface area contributed by atoms with Crippen molar-refractivity contribution < 1.29 is 8.83 Å². The Labute approximate surface area is 260 Å². The SMILES string of the molecule is c1cc(-n2c3ccccc3c3ccncc32)c2oc3cc4c(cc3c2c1)oc1c(-n2c3ccccc3c3ccncc32)cccc14. The van der Waals surface area contributed by atoms with Crippen molar-refractivity contribution >= 4 is 87.5 Å². The highest BCUT2D eigenvalue weighted by molar-refractivity contribution is 6.18. The van der Waals surface area contributed by atoms with E-state index in [4.69, 9.17) is 8.83 Å². The van der Waals surface area contributed by atoms with Crippen LogP contribution in [0.1, 0.15) is 0 Å². The molecule has 0 fully saturated rings. The molecule has 0 amide bonds. The van der Waals surface area contributed by atoms with Crippen molar-refractivity contribution in [1.29, 1.82) is 0 Å². The van der Waals surface area contributed by atoms with Gasteiger partial charge in [-0.05, 0) is 48.5 Å². The van der Waals surface area contributed by atoms with Crippen LogP contribution < -0.4 is 0 Å². The van der Waals surface area contributed by atoms with E-state index >= 15 is 0 Å². The van der Waals surface area contributed by atoms with Crippen LogP contribution in [-0.2, 0) is 0 Å². The third kappa shape index (κ3) is 3.00. The summed E-state index contributed by atoms with van der Waals surface area (Å²) in [6.07, 6.45) is 7.56. The fourth-order valence-corrected chi connectivity index (χ4v) is 7.57. The van der Waals surface area contributed by atoms with Gasteiger partial charge in [0.2, 0.25) is 0 Å². The zero-order valence-corrected chi connectivity index (χ0v) is 24.3. The Morgan fingerprint density at radius 2 is 0.826 bits per heavy atom. The first-order valence-corrected chi connectivity index (χ1v) is 15.3. The molecule has 0 unspecified atom stereocenters. The molecule has 6 aromatic heterocycles. The van der Waals surface area contributed by atoms with Gasteiger partial charge in [-0.15, -0.1) is 0 Å². The maximum atomic E-state index is 6.75. The molecule has 0 aliphatic heterocycles. The second-order valence-corrected chi connectivity index (χ2v) is 11.8. The largest absolute Gasteiger partial charge is 0.454 e. The maximum Gasteiger partial charge on any atom is 0.159 e. The molecule has 0 spiro atoms. The number of para-hydroxylation sites is 4. The number of pyridine rings is 2. The highest BCUT2D eigenvalue weighted by Gasteiger charge is 2.21. The fourth-order valence-electron chi connectivity index (χ4n) is 7.57. The Morgan fingerprint density at radius 3 is 1.33 bits per heavy atom. The summed E-state index contributed by atoms with van der Waals surface area (Å²) in [7, 11) is 0. The topological polar surface area (TPSA) is 61.9 Å². The second-order valence-electron chi connectivity index (χ2n) is 11.8. The van der Waals surface area contributed by atoms with Crippen LogP contribution in [0.5, 0.6) is 0 Å². The molecule has 11 rings (SSSR count). The summed E-state index contributed by atoms with van der Waals surface area (Å²) >= 11 is 0. The molecule has 0 saturated heterocycles. The van der Waals surface area contributed by atoms with Gasteiger partial charge in [-0.1, -0.05) is 60.7 Å². The van der Waals surface area contributed by atoms with Crippen molar-refractivity contribution in [3.63, 3.8) is 0 Å². The molecule has 6 heterocycles. The molecule has 0 saturated carbocycles. The number of hydrogen-bond acceptors (Lipinski definition) is 4. The molecule has 0 aliphatic carbocycles. The minimum Gasteiger partial charge on any atom is -0.454 e. The van der Waals surface area contributed by atoms with Crippen LogP contribution in [0.15, 0.2) is 143 Å². The lowest BCUT2D eigenvalue weighted by molar-refractivity contribution is 0.661. The van der Waals surface area contributed by atoms with E-state index in [0.717, 1.165) is 88.1 Å². The zero-order valence-electron chi connectivity index (χ0n) is 24.3. The standard InChI is InChI=1S/C40H22N4O2/c1-3-11-31-23(7-1)25-15-17-41-21-35(25)43(31)33-13-5-9-27-29-19-38-30(20-37(29)45-39(27)33)28-10-6-14-34(40(28)46-38)44-32-12-4-2-8-24(32)26-16-18-42-22-36(26)44/h1-22H. The summed E-state index contributed by atoms with van der Waals surface area (Å²) in [4.78, 5) is 8.93. The Hall–Kier alpha value is -6.40. The normalized spacial score (nSPS) is 12.3. The summed E-state index contributed by atoms with van der Waals surface area (Å²) in [6, 6.07) is 38.1. The first kappa shape index (κ1) is 24.0. The molecule has 0 atom stereocenters. The van der Waals surface area contributed by atoms with Crippen molar-refractivity contribution in [2.45, 2.75) is 0 Å². The highest BCUT2D eigenvalue weighted by atomic mass is 16.3. The summed E-state index contributed by atoms with van der Waals surface area (Å²) in [5.74, 6) is 0. The number of nitrogens with zero attached hydrogens (tertiary/aromatic N) is 4. The van der Waals surface area contributed by atoms with Crippen molar-refractivity contribution in [2.75, 3.05) is 0 Å². The third-order valence-electron chi connectivity index (χ3n) is 9.51. The van der Waals surface area contributed by atoms with Gasteiger partial charge >= 0.3 is 0 Å². The van der Waals surface area contributed by atoms with E-state index in [9.17, 15) is 0 Å². The van der Waals surface area contributed by atoms with Crippen LogP contribution in [0.4, 0.5) is 0 Å². The fraction of sp³-hybridized carbons (Fsp3) is 0. The lowest BCUT2D eigenvalue weighted by Crippen LogP contribution is -1.94. The van der Waals surface area contributed by atoms with Gasteiger partial charge in [0.1, 0.15) is 11.2 Å². The number of aromatic nitrogens is 4. The first-order chi connectivity index (χ1) is 22.8. The Morgan fingerprint density at radius 1 is 0.391 bits per heavy atom. The third-order valence-corrected chi connectivity index (χ3v) is 9.51. The molecule has 0 radical (unpaired) electrons. The van der Waals surface area contributed by atoms with Gasteiger partial charge in [0.05, 0.1) is 45.8 Å². The Bertz CT molecular complexity index is 2730. The lowest BCUT2D eigenvalue weighted by Gasteiger charge is -2.08. The molecule has 5 aromatic carbocycles.